The fourth-order valence-corrected chi connectivity index (χ4v) is 1.58. The van der Waals surface area contributed by atoms with Crippen LogP contribution in [0.4, 0.5) is 0 Å². The molecule has 0 amide bonds. The maximum Gasteiger partial charge on any atom is 0.308 e. The molecule has 0 rings (SSSR count). The third-order valence-electron chi connectivity index (χ3n) is 2.95. The molecule has 0 bridgehead atoms. The molecule has 0 aromatic carbocycles. The highest BCUT2D eigenvalue weighted by molar-refractivity contribution is 5.79. The normalized spacial score (nSPS) is 13.1. The number of allylic oxidation sites excluding steroid dienone is 4. The Labute approximate surface area is 141 Å². The first-order valence-electron chi connectivity index (χ1n) is 7.82. The first-order chi connectivity index (χ1) is 11.0. The summed E-state index contributed by atoms with van der Waals surface area (Å²) in [6.07, 6.45) is 9.65. The smallest absolute Gasteiger partial charge is 0.308 e. The number of ether oxygens (including phenoxy) is 2. The Bertz CT molecular complexity index is 412. The first kappa shape index (κ1) is 23.4. The van der Waals surface area contributed by atoms with Crippen molar-refractivity contribution in [3.05, 3.63) is 35.6 Å². The van der Waals surface area contributed by atoms with Gasteiger partial charge in [-0.15, -0.1) is 0 Å². The molecule has 0 aliphatic rings. The van der Waals surface area contributed by atoms with E-state index in [1.165, 1.54) is 6.21 Å². The molecule has 0 fully saturated rings. The Kier molecular flexibility index (Phi) is 16.8. The molecule has 0 spiro atoms. The second-order valence-electron chi connectivity index (χ2n) is 4.72. The van der Waals surface area contributed by atoms with Crippen molar-refractivity contribution in [3.63, 3.8) is 0 Å². The van der Waals surface area contributed by atoms with Crippen LogP contribution in [0.15, 0.2) is 35.6 Å². The number of methoxy groups -OCH3 is 1. The number of carbonyl (C=O) groups excluding carboxylic acids is 1. The predicted molar refractivity (Wildman–Crippen MR) is 96.8 cm³/mol. The molecular formula is C18H32N2O3. The molecule has 0 aromatic heterocycles. The van der Waals surface area contributed by atoms with Crippen LogP contribution < -0.4 is 5.32 Å². The van der Waals surface area contributed by atoms with Gasteiger partial charge in [-0.3, -0.25) is 4.79 Å². The average molecular weight is 324 g/mol. The quantitative estimate of drug-likeness (QED) is 0.387. The van der Waals surface area contributed by atoms with Crippen LogP contribution >= 0.6 is 0 Å². The zero-order valence-corrected chi connectivity index (χ0v) is 15.3. The Balaban J connectivity index is 0. The van der Waals surface area contributed by atoms with Gasteiger partial charge >= 0.3 is 5.97 Å². The number of likely N-dealkylation sites (N-methyl/N-ethyl adjacent to an activating group) is 1. The molecule has 0 aliphatic carbocycles. The third-order valence-corrected chi connectivity index (χ3v) is 2.95. The Morgan fingerprint density at radius 2 is 1.96 bits per heavy atom. The average Bonchev–Trinajstić information content (AvgIpc) is 2.57. The van der Waals surface area contributed by atoms with Gasteiger partial charge in [-0.25, -0.2) is 0 Å². The molecule has 0 saturated heterocycles. The summed E-state index contributed by atoms with van der Waals surface area (Å²) in [6.45, 7) is 8.53. The van der Waals surface area contributed by atoms with Crippen molar-refractivity contribution in [2.45, 2.75) is 34.1 Å². The number of rotatable bonds is 9. The van der Waals surface area contributed by atoms with Crippen molar-refractivity contribution in [2.24, 2.45) is 5.92 Å². The van der Waals surface area contributed by atoms with Crippen LogP contribution in [-0.4, -0.2) is 39.6 Å². The highest BCUT2D eigenvalue weighted by Gasteiger charge is 2.14. The summed E-state index contributed by atoms with van der Waals surface area (Å²) < 4.78 is 9.69. The van der Waals surface area contributed by atoms with E-state index in [2.05, 4.69) is 5.32 Å². The molecule has 1 atom stereocenters. The highest BCUT2D eigenvalue weighted by atomic mass is 16.5. The predicted octanol–water partition coefficient (Wildman–Crippen LogP) is 3.48. The second-order valence-corrected chi connectivity index (χ2v) is 4.72. The van der Waals surface area contributed by atoms with E-state index >= 15 is 0 Å². The number of hydrogen-bond acceptors (Lipinski definition) is 5. The minimum absolute atomic E-state index is 0.159. The van der Waals surface area contributed by atoms with Crippen molar-refractivity contribution >= 4 is 12.2 Å². The van der Waals surface area contributed by atoms with Crippen molar-refractivity contribution in [1.29, 1.82) is 5.41 Å². The molecule has 5 nitrogen and oxygen atoms in total. The maximum absolute atomic E-state index is 11.2. The molecule has 1 unspecified atom stereocenters. The summed E-state index contributed by atoms with van der Waals surface area (Å²) in [6, 6.07) is 0. The van der Waals surface area contributed by atoms with Gasteiger partial charge in [0.15, 0.2) is 0 Å². The summed E-state index contributed by atoms with van der Waals surface area (Å²) in [4.78, 5) is 11.2. The van der Waals surface area contributed by atoms with Gasteiger partial charge < -0.3 is 20.2 Å². The van der Waals surface area contributed by atoms with Gasteiger partial charge in [-0.2, -0.15) is 0 Å². The van der Waals surface area contributed by atoms with Crippen LogP contribution in [-0.2, 0) is 14.3 Å². The lowest BCUT2D eigenvalue weighted by molar-refractivity contribution is -0.147. The van der Waals surface area contributed by atoms with Crippen molar-refractivity contribution < 1.29 is 14.3 Å². The topological polar surface area (TPSA) is 71.4 Å². The monoisotopic (exact) mass is 324 g/mol. The fraction of sp³-hybridized carbons (Fsp3) is 0.556. The Morgan fingerprint density at radius 1 is 1.30 bits per heavy atom. The van der Waals surface area contributed by atoms with Crippen molar-refractivity contribution in [3.8, 4) is 0 Å². The van der Waals surface area contributed by atoms with Crippen LogP contribution in [0, 0.1) is 11.3 Å². The zero-order chi connectivity index (χ0) is 18.1. The number of esters is 1. The van der Waals surface area contributed by atoms with Gasteiger partial charge in [0.05, 0.1) is 19.1 Å². The lowest BCUT2D eigenvalue weighted by atomic mass is 10.0. The number of carbonyl (C=O) groups is 1. The summed E-state index contributed by atoms with van der Waals surface area (Å²) in [7, 11) is 3.57. The van der Waals surface area contributed by atoms with Crippen LogP contribution in [0.2, 0.25) is 0 Å². The lowest BCUT2D eigenvalue weighted by Crippen LogP contribution is -2.15. The van der Waals surface area contributed by atoms with Gasteiger partial charge in [0.25, 0.3) is 0 Å². The highest BCUT2D eigenvalue weighted by Crippen LogP contribution is 2.11. The molecule has 2 N–H and O–H groups in total. The summed E-state index contributed by atoms with van der Waals surface area (Å²) >= 11 is 0. The van der Waals surface area contributed by atoms with Crippen LogP contribution in [0.5, 0.6) is 0 Å². The SMILES string of the molecule is C/C=C(/C=N)CC(C)C(=O)OCC.C/C=C(\C=C/COC)NC. The van der Waals surface area contributed by atoms with Crippen LogP contribution in [0.1, 0.15) is 34.1 Å². The maximum atomic E-state index is 11.2. The summed E-state index contributed by atoms with van der Waals surface area (Å²) in [5.41, 5.74) is 1.97. The van der Waals surface area contributed by atoms with E-state index in [0.717, 1.165) is 11.3 Å². The van der Waals surface area contributed by atoms with Gasteiger partial charge in [0, 0.05) is 26.1 Å². The van der Waals surface area contributed by atoms with E-state index in [0.29, 0.717) is 19.6 Å². The number of hydrogen-bond donors (Lipinski definition) is 2. The van der Waals surface area contributed by atoms with E-state index in [-0.39, 0.29) is 11.9 Å². The van der Waals surface area contributed by atoms with Crippen molar-refractivity contribution in [2.75, 3.05) is 27.4 Å². The van der Waals surface area contributed by atoms with E-state index in [1.54, 1.807) is 14.0 Å². The molecule has 0 aromatic rings. The Hall–Kier alpha value is -1.88. The van der Waals surface area contributed by atoms with E-state index in [9.17, 15) is 4.79 Å². The van der Waals surface area contributed by atoms with E-state index in [1.807, 2.05) is 52.1 Å². The minimum Gasteiger partial charge on any atom is -0.466 e. The fourth-order valence-electron chi connectivity index (χ4n) is 1.58. The molecule has 23 heavy (non-hydrogen) atoms. The molecule has 0 saturated carbocycles. The largest absolute Gasteiger partial charge is 0.466 e. The summed E-state index contributed by atoms with van der Waals surface area (Å²) in [5, 5.41) is 10.1. The van der Waals surface area contributed by atoms with Gasteiger partial charge in [0.1, 0.15) is 0 Å². The first-order valence-corrected chi connectivity index (χ1v) is 7.82. The van der Waals surface area contributed by atoms with Crippen LogP contribution in [0.25, 0.3) is 0 Å². The van der Waals surface area contributed by atoms with E-state index < -0.39 is 0 Å². The second kappa shape index (κ2) is 16.5. The van der Waals surface area contributed by atoms with Crippen molar-refractivity contribution in [1.82, 2.24) is 5.32 Å². The number of nitrogens with one attached hydrogen (secondary N) is 2. The van der Waals surface area contributed by atoms with E-state index in [4.69, 9.17) is 14.9 Å². The minimum atomic E-state index is -0.191. The van der Waals surface area contributed by atoms with Crippen LogP contribution in [0.3, 0.4) is 0 Å². The lowest BCUT2D eigenvalue weighted by Gasteiger charge is -2.09. The molecule has 0 heterocycles. The summed E-state index contributed by atoms with van der Waals surface area (Å²) in [5.74, 6) is -0.351. The van der Waals surface area contributed by atoms with Gasteiger partial charge in [-0.1, -0.05) is 25.2 Å². The third kappa shape index (κ3) is 13.5. The molecule has 5 heteroatoms. The Morgan fingerprint density at radius 3 is 2.35 bits per heavy atom. The molecule has 0 radical (unpaired) electrons. The zero-order valence-electron chi connectivity index (χ0n) is 15.3. The molecular weight excluding hydrogens is 292 g/mol. The molecule has 132 valence electrons. The van der Waals surface area contributed by atoms with Gasteiger partial charge in [-0.05, 0) is 38.8 Å². The molecule has 0 aliphatic heterocycles. The van der Waals surface area contributed by atoms with Gasteiger partial charge in [0.2, 0.25) is 0 Å². The standard InChI is InChI=1S/C10H17NO2.C8H15NO/c1-4-9(7-11)6-8(3)10(12)13-5-2;1-4-8(9-2)6-5-7-10-3/h4,7-8,11H,5-6H2,1-3H3;4-6,9H,7H2,1-3H3/b9-4+,11-7?;6-5-,8-4+.